The molecule has 0 radical (unpaired) electrons. The van der Waals surface area contributed by atoms with Gasteiger partial charge in [-0.05, 0) is 97.8 Å². The van der Waals surface area contributed by atoms with Gasteiger partial charge in [-0.25, -0.2) is 9.59 Å². The van der Waals surface area contributed by atoms with Crippen LogP contribution in [0.2, 0.25) is 0 Å². The van der Waals surface area contributed by atoms with E-state index in [-0.39, 0.29) is 53.1 Å². The van der Waals surface area contributed by atoms with Crippen molar-refractivity contribution in [1.82, 2.24) is 29.9 Å². The third-order valence-electron chi connectivity index (χ3n) is 6.62. The Morgan fingerprint density at radius 3 is 0.922 bits per heavy atom. The molecule has 15 heteroatoms. The molecule has 0 fully saturated rings. The van der Waals surface area contributed by atoms with Crippen LogP contribution in [0.3, 0.4) is 0 Å². The van der Waals surface area contributed by atoms with E-state index in [0.29, 0.717) is 11.4 Å². The van der Waals surface area contributed by atoms with Crippen LogP contribution in [0.4, 0.5) is 0 Å². The minimum atomic E-state index is -1.34. The molecule has 0 saturated carbocycles. The van der Waals surface area contributed by atoms with Crippen molar-refractivity contribution >= 4 is 23.9 Å². The van der Waals surface area contributed by atoms with Crippen molar-refractivity contribution in [2.45, 2.75) is 13.8 Å². The van der Waals surface area contributed by atoms with Gasteiger partial charge >= 0.3 is 31.4 Å². The van der Waals surface area contributed by atoms with Crippen LogP contribution >= 0.6 is 0 Å². The predicted octanol–water partition coefficient (Wildman–Crippen LogP) is 3.17. The second-order valence-corrected chi connectivity index (χ2v) is 10.3. The average Bonchev–Trinajstić information content (AvgIpc) is 3.12. The molecule has 0 aromatic carbocycles. The molecule has 51 heavy (non-hydrogen) atoms. The van der Waals surface area contributed by atoms with E-state index in [9.17, 15) is 29.4 Å². The summed E-state index contributed by atoms with van der Waals surface area (Å²) in [5, 5.41) is 39.1. The summed E-state index contributed by atoms with van der Waals surface area (Å²) < 4.78 is 0. The number of hydrogen-bond acceptors (Lipinski definition) is 12. The first-order valence-electron chi connectivity index (χ1n) is 14.5. The van der Waals surface area contributed by atoms with Crippen molar-refractivity contribution in [1.29, 1.82) is 0 Å². The first-order chi connectivity index (χ1) is 23.9. The van der Waals surface area contributed by atoms with E-state index in [0.717, 1.165) is 11.4 Å². The van der Waals surface area contributed by atoms with Crippen LogP contribution in [0, 0.1) is 13.8 Å². The molecule has 0 aliphatic heterocycles. The van der Waals surface area contributed by atoms with E-state index in [1.54, 1.807) is 0 Å². The zero-order valence-electron chi connectivity index (χ0n) is 26.8. The molecular weight excluding hydrogens is 746 g/mol. The normalized spacial score (nSPS) is 9.84. The summed E-state index contributed by atoms with van der Waals surface area (Å²) in [4.78, 5) is 67.4. The molecule has 0 saturated heterocycles. The van der Waals surface area contributed by atoms with Crippen LogP contribution < -0.4 is 10.2 Å². The first-order valence-corrected chi connectivity index (χ1v) is 14.5. The Morgan fingerprint density at radius 2 is 0.667 bits per heavy atom. The van der Waals surface area contributed by atoms with Crippen LogP contribution in [0.5, 0.6) is 0 Å². The van der Waals surface area contributed by atoms with E-state index in [2.05, 4.69) is 43.8 Å². The number of pyridine rings is 6. The molecule has 2 N–H and O–H groups in total. The molecule has 0 aliphatic carbocycles. The summed E-state index contributed by atoms with van der Waals surface area (Å²) in [5.74, 6) is -4.83. The molecule has 0 amide bonds. The summed E-state index contributed by atoms with van der Waals surface area (Å²) in [5.41, 5.74) is 5.46. The number of carboxylic acid groups (broad SMARTS) is 4. The Labute approximate surface area is 303 Å². The number of aromatic nitrogens is 6. The molecular formula is C36H26N6O8Ru. The van der Waals surface area contributed by atoms with Gasteiger partial charge in [-0.15, -0.1) is 0 Å². The van der Waals surface area contributed by atoms with Gasteiger partial charge in [-0.2, -0.15) is 0 Å². The Kier molecular flexibility index (Phi) is 13.9. The maximum atomic E-state index is 10.8. The number of aromatic carboxylic acids is 4. The van der Waals surface area contributed by atoms with Crippen molar-refractivity contribution in [2.75, 3.05) is 0 Å². The fraction of sp³-hybridized carbons (Fsp3) is 0.0556. The Hall–Kier alpha value is -6.60. The third-order valence-corrected chi connectivity index (χ3v) is 6.62. The molecule has 256 valence electrons. The van der Waals surface area contributed by atoms with Gasteiger partial charge in [0.1, 0.15) is 0 Å². The van der Waals surface area contributed by atoms with Crippen molar-refractivity contribution in [2.24, 2.45) is 0 Å². The second kappa shape index (κ2) is 18.2. The van der Waals surface area contributed by atoms with E-state index >= 15 is 0 Å². The number of nitrogens with zero attached hydrogens (tertiary/aromatic N) is 6. The summed E-state index contributed by atoms with van der Waals surface area (Å²) >= 11 is 0. The smallest absolute Gasteiger partial charge is 0.545 e. The Morgan fingerprint density at radius 1 is 0.431 bits per heavy atom. The van der Waals surface area contributed by atoms with Crippen molar-refractivity contribution in [3.63, 3.8) is 0 Å². The van der Waals surface area contributed by atoms with E-state index in [1.165, 1.54) is 84.4 Å². The van der Waals surface area contributed by atoms with Gasteiger partial charge in [0.15, 0.2) is 0 Å². The minimum Gasteiger partial charge on any atom is -0.545 e. The zero-order chi connectivity index (χ0) is 36.2. The topological polar surface area (TPSA) is 232 Å². The fourth-order valence-electron chi connectivity index (χ4n) is 4.15. The van der Waals surface area contributed by atoms with Crippen molar-refractivity contribution in [3.05, 3.63) is 143 Å². The van der Waals surface area contributed by atoms with Crippen LogP contribution in [-0.2, 0) is 19.5 Å². The molecule has 6 aromatic heterocycles. The maximum Gasteiger partial charge on any atom is 2.00 e. The first kappa shape index (κ1) is 38.8. The van der Waals surface area contributed by atoms with Gasteiger partial charge in [0.2, 0.25) is 0 Å². The SMILES string of the molecule is Cc1ccnc(-c2cc(C)ccn2)c1.O=C(O)c1ccnc(-c2cc(C(=O)O)ccn2)c1.O=C([O-])c1ccnc(-c2cc(C(=O)[O-])ccn2)c1.[Ru+2]. The van der Waals surface area contributed by atoms with Gasteiger partial charge < -0.3 is 30.0 Å². The number of carbonyl (C=O) groups excluding carboxylic acids is 2. The molecule has 6 rings (SSSR count). The van der Waals surface area contributed by atoms with Gasteiger partial charge in [0, 0.05) is 48.3 Å². The van der Waals surface area contributed by atoms with E-state index in [1.807, 2.05) is 36.7 Å². The zero-order valence-corrected chi connectivity index (χ0v) is 28.5. The van der Waals surface area contributed by atoms with Crippen LogP contribution in [-0.4, -0.2) is 64.0 Å². The Bertz CT molecular complexity index is 1930. The number of carboxylic acids is 4. The summed E-state index contributed by atoms with van der Waals surface area (Å²) in [6.07, 6.45) is 8.88. The molecule has 0 spiro atoms. The van der Waals surface area contributed by atoms with Crippen LogP contribution in [0.15, 0.2) is 110 Å². The molecule has 6 heterocycles. The number of aryl methyl sites for hydroxylation is 2. The number of carbonyl (C=O) groups is 4. The Balaban J connectivity index is 0.000000206. The molecule has 6 aromatic rings. The van der Waals surface area contributed by atoms with Crippen LogP contribution in [0.25, 0.3) is 34.2 Å². The van der Waals surface area contributed by atoms with Gasteiger partial charge in [-0.3, -0.25) is 29.9 Å². The third kappa shape index (κ3) is 11.2. The average molecular weight is 772 g/mol. The molecule has 0 atom stereocenters. The van der Waals surface area contributed by atoms with Gasteiger partial charge in [-0.1, -0.05) is 0 Å². The monoisotopic (exact) mass is 772 g/mol. The van der Waals surface area contributed by atoms with Crippen molar-refractivity contribution in [3.8, 4) is 34.2 Å². The molecule has 0 aliphatic rings. The second-order valence-electron chi connectivity index (χ2n) is 10.3. The van der Waals surface area contributed by atoms with E-state index in [4.69, 9.17) is 10.2 Å². The number of rotatable bonds is 7. The summed E-state index contributed by atoms with van der Waals surface area (Å²) in [6.45, 7) is 4.11. The van der Waals surface area contributed by atoms with Crippen LogP contribution in [0.1, 0.15) is 52.6 Å². The quantitative estimate of drug-likeness (QED) is 0.222. The molecule has 14 nitrogen and oxygen atoms in total. The molecule has 0 unspecified atom stereocenters. The number of hydrogen-bond donors (Lipinski definition) is 2. The van der Waals surface area contributed by atoms with E-state index < -0.39 is 23.9 Å². The maximum absolute atomic E-state index is 10.8. The van der Waals surface area contributed by atoms with Gasteiger partial charge in [0.05, 0.1) is 57.2 Å². The predicted molar refractivity (Wildman–Crippen MR) is 174 cm³/mol. The summed E-state index contributed by atoms with van der Waals surface area (Å²) in [6, 6.07) is 18.5. The van der Waals surface area contributed by atoms with Gasteiger partial charge in [0.25, 0.3) is 0 Å². The summed E-state index contributed by atoms with van der Waals surface area (Å²) in [7, 11) is 0. The fourth-order valence-corrected chi connectivity index (χ4v) is 4.15. The largest absolute Gasteiger partial charge is 2.00 e. The molecule has 0 bridgehead atoms. The standard InChI is InChI=1S/2C12H8N2O4.C12H12N2.Ru/c2*15-11(16)7-1-3-13-9(5-7)10-6-8(12(17)18)2-4-14-10;1-9-3-5-13-11(7-9)12-8-10(2)4-6-14-12;/h2*1-6H,(H,15,16)(H,17,18);3-8H,1-2H3;/q;;;+2/p-2. The van der Waals surface area contributed by atoms with Crippen molar-refractivity contribution < 1.29 is 59.1 Å². The minimum absolute atomic E-state index is 0.